The number of benzene rings is 3. The number of rotatable bonds is 5. The smallest absolute Gasteiger partial charge is 0.181 e. The van der Waals surface area contributed by atoms with Gasteiger partial charge in [0.2, 0.25) is 0 Å². The van der Waals surface area contributed by atoms with E-state index in [1.807, 2.05) is 55.6 Å². The molecule has 0 fully saturated rings. The van der Waals surface area contributed by atoms with Crippen LogP contribution in [0.2, 0.25) is 0 Å². The van der Waals surface area contributed by atoms with Crippen molar-refractivity contribution in [2.24, 2.45) is 7.05 Å². The highest BCUT2D eigenvalue weighted by Crippen LogP contribution is 2.32. The number of hydrogen-bond acceptors (Lipinski definition) is 4. The lowest BCUT2D eigenvalue weighted by atomic mass is 10.0. The summed E-state index contributed by atoms with van der Waals surface area (Å²) in [7, 11) is 4.92. The summed E-state index contributed by atoms with van der Waals surface area (Å²) in [5.74, 6) is 1.85. The van der Waals surface area contributed by atoms with Gasteiger partial charge in [0.25, 0.3) is 0 Å². The summed E-state index contributed by atoms with van der Waals surface area (Å²) in [5.41, 5.74) is 2.92. The minimum atomic E-state index is -0.387. The quantitative estimate of drug-likeness (QED) is 0.483. The minimum absolute atomic E-state index is 0.215. The van der Waals surface area contributed by atoms with Crippen molar-refractivity contribution in [3.8, 4) is 45.4 Å². The Morgan fingerprint density at radius 3 is 2.34 bits per heavy atom. The molecule has 0 bridgehead atoms. The molecule has 0 aliphatic heterocycles. The van der Waals surface area contributed by atoms with E-state index in [4.69, 9.17) is 14.5 Å². The van der Waals surface area contributed by atoms with Gasteiger partial charge in [-0.15, -0.1) is 0 Å². The first-order valence-corrected chi connectivity index (χ1v) is 9.09. The molecule has 0 unspecified atom stereocenters. The highest BCUT2D eigenvalue weighted by molar-refractivity contribution is 5.72. The Morgan fingerprint density at radius 2 is 1.55 bits per heavy atom. The molecular weight excluding hydrogens is 369 g/mol. The Bertz CT molecular complexity index is 1170. The van der Waals surface area contributed by atoms with E-state index >= 15 is 0 Å². The number of hydrogen-bond donors (Lipinski definition) is 0. The third-order valence-corrected chi connectivity index (χ3v) is 4.71. The van der Waals surface area contributed by atoms with Gasteiger partial charge >= 0.3 is 0 Å². The molecule has 0 saturated carbocycles. The molecule has 4 rings (SSSR count). The van der Waals surface area contributed by atoms with Crippen LogP contribution in [0.25, 0.3) is 33.9 Å². The van der Waals surface area contributed by atoms with Gasteiger partial charge in [-0.3, -0.25) is 0 Å². The SMILES string of the molecule is COc1cccc(-c2nc(-c3cccc(-c4cccc(OC)c4F)c3)n(C)n2)c1. The Morgan fingerprint density at radius 1 is 0.828 bits per heavy atom. The normalized spacial score (nSPS) is 10.8. The molecule has 0 atom stereocenters. The van der Waals surface area contributed by atoms with Crippen LogP contribution in [0.5, 0.6) is 11.5 Å². The Kier molecular flexibility index (Phi) is 4.99. The van der Waals surface area contributed by atoms with Crippen molar-refractivity contribution in [2.45, 2.75) is 0 Å². The first kappa shape index (κ1) is 18.7. The second-order valence-electron chi connectivity index (χ2n) is 6.52. The number of halogens is 1. The van der Waals surface area contributed by atoms with Gasteiger partial charge in [-0.25, -0.2) is 14.1 Å². The first-order chi connectivity index (χ1) is 14.1. The third kappa shape index (κ3) is 3.57. The molecule has 4 aromatic rings. The highest BCUT2D eigenvalue weighted by atomic mass is 19.1. The van der Waals surface area contributed by atoms with Crippen molar-refractivity contribution in [3.05, 3.63) is 72.5 Å². The number of aryl methyl sites for hydroxylation is 1. The van der Waals surface area contributed by atoms with Crippen molar-refractivity contribution in [1.82, 2.24) is 14.8 Å². The fraction of sp³-hybridized carbons (Fsp3) is 0.130. The molecule has 3 aromatic carbocycles. The lowest BCUT2D eigenvalue weighted by molar-refractivity contribution is 0.387. The van der Waals surface area contributed by atoms with E-state index in [-0.39, 0.29) is 11.6 Å². The second kappa shape index (κ2) is 7.75. The molecular formula is C23H20FN3O2. The monoisotopic (exact) mass is 389 g/mol. The maximum absolute atomic E-state index is 14.7. The summed E-state index contributed by atoms with van der Waals surface area (Å²) in [6, 6.07) is 20.3. The number of methoxy groups -OCH3 is 2. The molecule has 0 N–H and O–H groups in total. The zero-order valence-corrected chi connectivity index (χ0v) is 16.4. The molecule has 1 heterocycles. The lowest BCUT2D eigenvalue weighted by Gasteiger charge is -2.09. The van der Waals surface area contributed by atoms with Gasteiger partial charge in [-0.1, -0.05) is 42.5 Å². The van der Waals surface area contributed by atoms with Crippen LogP contribution in [-0.2, 0) is 7.05 Å². The van der Waals surface area contributed by atoms with Crippen LogP contribution in [0.1, 0.15) is 0 Å². The van der Waals surface area contributed by atoms with Crippen molar-refractivity contribution in [3.63, 3.8) is 0 Å². The summed E-state index contributed by atoms with van der Waals surface area (Å²) < 4.78 is 26.8. The van der Waals surface area contributed by atoms with Crippen LogP contribution in [-0.4, -0.2) is 29.0 Å². The number of ether oxygens (including phenoxy) is 2. The lowest BCUT2D eigenvalue weighted by Crippen LogP contribution is -1.95. The molecule has 1 aromatic heterocycles. The largest absolute Gasteiger partial charge is 0.497 e. The molecule has 0 aliphatic rings. The number of nitrogens with zero attached hydrogens (tertiary/aromatic N) is 3. The van der Waals surface area contributed by atoms with Gasteiger partial charge < -0.3 is 9.47 Å². The summed E-state index contributed by atoms with van der Waals surface area (Å²) in [4.78, 5) is 4.69. The van der Waals surface area contributed by atoms with Gasteiger partial charge in [0.05, 0.1) is 14.2 Å². The summed E-state index contributed by atoms with van der Waals surface area (Å²) >= 11 is 0. The predicted molar refractivity (Wildman–Crippen MR) is 110 cm³/mol. The van der Waals surface area contributed by atoms with E-state index in [1.54, 1.807) is 30.0 Å². The topological polar surface area (TPSA) is 49.2 Å². The van der Waals surface area contributed by atoms with Crippen molar-refractivity contribution in [1.29, 1.82) is 0 Å². The van der Waals surface area contributed by atoms with E-state index in [1.165, 1.54) is 7.11 Å². The third-order valence-electron chi connectivity index (χ3n) is 4.71. The van der Waals surface area contributed by atoms with Crippen LogP contribution in [0.4, 0.5) is 4.39 Å². The van der Waals surface area contributed by atoms with Gasteiger partial charge in [-0.05, 0) is 29.8 Å². The van der Waals surface area contributed by atoms with E-state index in [0.29, 0.717) is 17.2 Å². The average Bonchev–Trinajstić information content (AvgIpc) is 3.16. The van der Waals surface area contributed by atoms with Gasteiger partial charge in [0.1, 0.15) is 5.75 Å². The van der Waals surface area contributed by atoms with Crippen LogP contribution in [0.3, 0.4) is 0 Å². The molecule has 5 nitrogen and oxygen atoms in total. The van der Waals surface area contributed by atoms with Crippen LogP contribution < -0.4 is 9.47 Å². The van der Waals surface area contributed by atoms with E-state index < -0.39 is 0 Å². The average molecular weight is 389 g/mol. The van der Waals surface area contributed by atoms with E-state index in [9.17, 15) is 4.39 Å². The van der Waals surface area contributed by atoms with E-state index in [0.717, 1.165) is 22.4 Å². The molecule has 29 heavy (non-hydrogen) atoms. The number of aromatic nitrogens is 3. The standard InChI is InChI=1S/C23H20FN3O2/c1-27-23(25-22(26-27)16-8-5-10-18(14-16)28-2)17-9-4-7-15(13-17)19-11-6-12-20(29-3)21(19)24/h4-14H,1-3H3. The summed E-state index contributed by atoms with van der Waals surface area (Å²) in [6.45, 7) is 0. The Labute approximate surface area is 168 Å². The second-order valence-corrected chi connectivity index (χ2v) is 6.52. The van der Waals surface area contributed by atoms with Gasteiger partial charge in [0.15, 0.2) is 23.2 Å². The molecule has 0 spiro atoms. The Hall–Kier alpha value is -3.67. The molecule has 0 amide bonds. The zero-order chi connectivity index (χ0) is 20.4. The summed E-state index contributed by atoms with van der Waals surface area (Å²) in [5, 5.41) is 4.54. The Balaban J connectivity index is 1.75. The van der Waals surface area contributed by atoms with Gasteiger partial charge in [0, 0.05) is 23.7 Å². The first-order valence-electron chi connectivity index (χ1n) is 9.09. The molecule has 0 aliphatic carbocycles. The maximum Gasteiger partial charge on any atom is 0.181 e. The molecule has 6 heteroatoms. The summed E-state index contributed by atoms with van der Waals surface area (Å²) in [6.07, 6.45) is 0. The van der Waals surface area contributed by atoms with E-state index in [2.05, 4.69) is 5.10 Å². The fourth-order valence-corrected chi connectivity index (χ4v) is 3.24. The predicted octanol–water partition coefficient (Wildman–Crippen LogP) is 4.97. The van der Waals surface area contributed by atoms with Crippen LogP contribution in [0.15, 0.2) is 66.7 Å². The van der Waals surface area contributed by atoms with Crippen LogP contribution >= 0.6 is 0 Å². The van der Waals surface area contributed by atoms with Crippen LogP contribution in [0, 0.1) is 5.82 Å². The maximum atomic E-state index is 14.7. The molecule has 146 valence electrons. The van der Waals surface area contributed by atoms with Crippen molar-refractivity contribution in [2.75, 3.05) is 14.2 Å². The van der Waals surface area contributed by atoms with Crippen molar-refractivity contribution >= 4 is 0 Å². The zero-order valence-electron chi connectivity index (χ0n) is 16.4. The van der Waals surface area contributed by atoms with Crippen molar-refractivity contribution < 1.29 is 13.9 Å². The molecule has 0 radical (unpaired) electrons. The highest BCUT2D eigenvalue weighted by Gasteiger charge is 2.15. The molecule has 0 saturated heterocycles. The van der Waals surface area contributed by atoms with Gasteiger partial charge in [-0.2, -0.15) is 5.10 Å². The fourth-order valence-electron chi connectivity index (χ4n) is 3.24. The minimum Gasteiger partial charge on any atom is -0.497 e.